The van der Waals surface area contributed by atoms with Crippen LogP contribution in [-0.2, 0) is 11.8 Å². The molecule has 3 aromatic rings. The number of aromatic nitrogens is 1. The van der Waals surface area contributed by atoms with Gasteiger partial charge in [0.25, 0.3) is 5.91 Å². The topological polar surface area (TPSA) is 25.2 Å². The molecule has 0 unspecified atom stereocenters. The highest BCUT2D eigenvalue weighted by Crippen LogP contribution is 2.36. The van der Waals surface area contributed by atoms with E-state index in [1.807, 2.05) is 61.8 Å². The molecule has 5 heteroatoms. The Morgan fingerprint density at radius 3 is 2.54 bits per heavy atom. The second-order valence-electron chi connectivity index (χ2n) is 5.57. The Labute approximate surface area is 149 Å². The van der Waals surface area contributed by atoms with Crippen molar-refractivity contribution >= 4 is 56.9 Å². The number of aryl methyl sites for hydroxylation is 1. The largest absolute Gasteiger partial charge is 0.350 e. The number of rotatable bonds is 2. The molecular weight excluding hydrogens is 336 g/mol. The van der Waals surface area contributed by atoms with Crippen molar-refractivity contribution in [1.82, 2.24) is 4.57 Å². The van der Waals surface area contributed by atoms with E-state index >= 15 is 0 Å². The number of thioether (sulfide) groups is 1. The molecule has 1 aromatic heterocycles. The van der Waals surface area contributed by atoms with Gasteiger partial charge < -0.3 is 4.57 Å². The van der Waals surface area contributed by atoms with Crippen molar-refractivity contribution in [3.63, 3.8) is 0 Å². The molecule has 2 aromatic carbocycles. The fourth-order valence-electron chi connectivity index (χ4n) is 2.90. The number of thiocarbonyl (C=S) groups is 1. The molecule has 1 aliphatic heterocycles. The summed E-state index contributed by atoms with van der Waals surface area (Å²) in [6, 6.07) is 17.7. The van der Waals surface area contributed by atoms with Gasteiger partial charge in [-0.05, 0) is 24.3 Å². The Kier molecular flexibility index (Phi) is 3.75. The van der Waals surface area contributed by atoms with E-state index in [2.05, 4.69) is 16.7 Å². The van der Waals surface area contributed by atoms with Crippen LogP contribution < -0.4 is 4.90 Å². The number of hydrogen-bond donors (Lipinski definition) is 0. The number of carbonyl (C=O) groups excluding carboxylic acids is 1. The van der Waals surface area contributed by atoms with Crippen LogP contribution in [0, 0.1) is 0 Å². The van der Waals surface area contributed by atoms with Gasteiger partial charge in [-0.15, -0.1) is 0 Å². The van der Waals surface area contributed by atoms with Crippen LogP contribution in [0.2, 0.25) is 0 Å². The van der Waals surface area contributed by atoms with Crippen LogP contribution in [-0.4, -0.2) is 14.8 Å². The molecule has 0 aliphatic carbocycles. The quantitative estimate of drug-likeness (QED) is 0.499. The Morgan fingerprint density at radius 1 is 1.04 bits per heavy atom. The summed E-state index contributed by atoms with van der Waals surface area (Å²) in [4.78, 5) is 15.1. The standard InChI is InChI=1S/C19H14N2OS2/c1-20-12-13(15-9-5-6-10-16(15)20)11-17-18(22)21(19(23)24-17)14-7-3-2-4-8-14/h2-12H,1H3/b17-11-. The van der Waals surface area contributed by atoms with Crippen molar-refractivity contribution in [3.8, 4) is 0 Å². The number of nitrogens with zero attached hydrogens (tertiary/aromatic N) is 2. The lowest BCUT2D eigenvalue weighted by atomic mass is 10.1. The number of amides is 1. The molecule has 0 bridgehead atoms. The number of fused-ring (bicyclic) bond motifs is 1. The molecule has 1 amide bonds. The van der Waals surface area contributed by atoms with Crippen LogP contribution in [0.4, 0.5) is 5.69 Å². The van der Waals surface area contributed by atoms with Gasteiger partial charge in [0.1, 0.15) is 0 Å². The predicted molar refractivity (Wildman–Crippen MR) is 105 cm³/mol. The number of hydrogen-bond acceptors (Lipinski definition) is 3. The molecule has 3 nitrogen and oxygen atoms in total. The van der Waals surface area contributed by atoms with Crippen LogP contribution in [0.15, 0.2) is 65.7 Å². The zero-order valence-electron chi connectivity index (χ0n) is 13.0. The van der Waals surface area contributed by atoms with Gasteiger partial charge in [-0.3, -0.25) is 9.69 Å². The molecule has 118 valence electrons. The van der Waals surface area contributed by atoms with Gasteiger partial charge in [-0.1, -0.05) is 60.4 Å². The monoisotopic (exact) mass is 350 g/mol. The van der Waals surface area contributed by atoms with Crippen LogP contribution in [0.1, 0.15) is 5.56 Å². The maximum Gasteiger partial charge on any atom is 0.270 e. The lowest BCUT2D eigenvalue weighted by Gasteiger charge is -2.13. The first kappa shape index (κ1) is 15.2. The number of para-hydroxylation sites is 2. The highest BCUT2D eigenvalue weighted by atomic mass is 32.2. The van der Waals surface area contributed by atoms with Gasteiger partial charge >= 0.3 is 0 Å². The summed E-state index contributed by atoms with van der Waals surface area (Å²) in [5.41, 5.74) is 2.98. The fraction of sp³-hybridized carbons (Fsp3) is 0.0526. The molecule has 0 N–H and O–H groups in total. The number of anilines is 1. The maximum atomic E-state index is 12.8. The fourth-order valence-corrected chi connectivity index (χ4v) is 4.19. The van der Waals surface area contributed by atoms with Gasteiger partial charge in [-0.25, -0.2) is 0 Å². The summed E-state index contributed by atoms with van der Waals surface area (Å²) in [6.07, 6.45) is 3.98. The minimum Gasteiger partial charge on any atom is -0.350 e. The molecule has 1 saturated heterocycles. The summed E-state index contributed by atoms with van der Waals surface area (Å²) in [5, 5.41) is 1.13. The summed E-state index contributed by atoms with van der Waals surface area (Å²) < 4.78 is 2.64. The predicted octanol–water partition coefficient (Wildman–Crippen LogP) is 4.58. The van der Waals surface area contributed by atoms with Crippen LogP contribution in [0.25, 0.3) is 17.0 Å². The van der Waals surface area contributed by atoms with Crippen LogP contribution >= 0.6 is 24.0 Å². The lowest BCUT2D eigenvalue weighted by Crippen LogP contribution is -2.27. The Morgan fingerprint density at radius 2 is 1.75 bits per heavy atom. The summed E-state index contributed by atoms with van der Waals surface area (Å²) in [6.45, 7) is 0. The minimum atomic E-state index is -0.0656. The third-order valence-corrected chi connectivity index (χ3v) is 5.32. The molecule has 1 fully saturated rings. The second kappa shape index (κ2) is 5.92. The number of carbonyl (C=O) groups is 1. The lowest BCUT2D eigenvalue weighted by molar-refractivity contribution is -0.113. The Balaban J connectivity index is 1.76. The number of benzene rings is 2. The van der Waals surface area contributed by atoms with E-state index in [4.69, 9.17) is 12.2 Å². The summed E-state index contributed by atoms with van der Waals surface area (Å²) in [7, 11) is 2.01. The van der Waals surface area contributed by atoms with Gasteiger partial charge in [-0.2, -0.15) is 0 Å². The molecule has 0 radical (unpaired) electrons. The normalized spacial score (nSPS) is 16.5. The maximum absolute atomic E-state index is 12.8. The summed E-state index contributed by atoms with van der Waals surface area (Å²) in [5.74, 6) is -0.0656. The molecule has 4 rings (SSSR count). The minimum absolute atomic E-state index is 0.0656. The zero-order valence-corrected chi connectivity index (χ0v) is 14.6. The van der Waals surface area contributed by atoms with Crippen molar-refractivity contribution in [2.45, 2.75) is 0 Å². The van der Waals surface area contributed by atoms with Gasteiger partial charge in [0.15, 0.2) is 4.32 Å². The first-order valence-electron chi connectivity index (χ1n) is 7.52. The van der Waals surface area contributed by atoms with Gasteiger partial charge in [0, 0.05) is 29.7 Å². The molecule has 0 saturated carbocycles. The van der Waals surface area contributed by atoms with E-state index in [0.29, 0.717) is 9.23 Å². The molecule has 0 spiro atoms. The van der Waals surface area contributed by atoms with Crippen molar-refractivity contribution in [3.05, 3.63) is 71.3 Å². The second-order valence-corrected chi connectivity index (χ2v) is 7.24. The highest BCUT2D eigenvalue weighted by molar-refractivity contribution is 8.27. The third kappa shape index (κ3) is 2.46. The zero-order chi connectivity index (χ0) is 16.7. The average Bonchev–Trinajstić information content (AvgIpc) is 3.06. The molecule has 24 heavy (non-hydrogen) atoms. The SMILES string of the molecule is Cn1cc(/C=C2\SC(=S)N(c3ccccc3)C2=O)c2ccccc21. The molecule has 2 heterocycles. The molecular formula is C19H14N2OS2. The van der Waals surface area contributed by atoms with Gasteiger partial charge in [0.05, 0.1) is 10.6 Å². The average molecular weight is 350 g/mol. The Bertz CT molecular complexity index is 989. The molecule has 1 aliphatic rings. The first-order valence-corrected chi connectivity index (χ1v) is 8.75. The smallest absolute Gasteiger partial charge is 0.270 e. The van der Waals surface area contributed by atoms with E-state index in [9.17, 15) is 4.79 Å². The van der Waals surface area contributed by atoms with E-state index in [1.165, 1.54) is 11.8 Å². The molecule has 0 atom stereocenters. The van der Waals surface area contributed by atoms with Crippen molar-refractivity contribution in [2.75, 3.05) is 4.90 Å². The van der Waals surface area contributed by atoms with Crippen LogP contribution in [0.3, 0.4) is 0 Å². The third-order valence-electron chi connectivity index (χ3n) is 4.02. The van der Waals surface area contributed by atoms with E-state index in [0.717, 1.165) is 22.2 Å². The van der Waals surface area contributed by atoms with Gasteiger partial charge in [0.2, 0.25) is 0 Å². The highest BCUT2D eigenvalue weighted by Gasteiger charge is 2.33. The van der Waals surface area contributed by atoms with E-state index in [1.54, 1.807) is 4.90 Å². The van der Waals surface area contributed by atoms with Crippen molar-refractivity contribution in [1.29, 1.82) is 0 Å². The van der Waals surface area contributed by atoms with E-state index < -0.39 is 0 Å². The van der Waals surface area contributed by atoms with Crippen molar-refractivity contribution < 1.29 is 4.79 Å². The van der Waals surface area contributed by atoms with E-state index in [-0.39, 0.29) is 5.91 Å². The summed E-state index contributed by atoms with van der Waals surface area (Å²) >= 11 is 6.76. The Hall–Kier alpha value is -2.37. The first-order chi connectivity index (χ1) is 11.6. The van der Waals surface area contributed by atoms with Crippen LogP contribution in [0.5, 0.6) is 0 Å². The van der Waals surface area contributed by atoms with Crippen molar-refractivity contribution in [2.24, 2.45) is 7.05 Å².